The van der Waals surface area contributed by atoms with Crippen LogP contribution in [0.5, 0.6) is 0 Å². The van der Waals surface area contributed by atoms with Crippen molar-refractivity contribution in [3.8, 4) is 0 Å². The summed E-state index contributed by atoms with van der Waals surface area (Å²) in [6.45, 7) is 12.5. The number of amides is 1. The lowest BCUT2D eigenvalue weighted by atomic mass is 9.99. The Labute approximate surface area is 136 Å². The molecule has 0 aromatic heterocycles. The zero-order valence-corrected chi connectivity index (χ0v) is 15.3. The molecular weight excluding hydrogens is 270 g/mol. The van der Waals surface area contributed by atoms with Gasteiger partial charge in [-0.25, -0.2) is 0 Å². The second-order valence-electron chi connectivity index (χ2n) is 6.52. The van der Waals surface area contributed by atoms with Gasteiger partial charge in [0.1, 0.15) is 0 Å². The molecule has 0 rings (SSSR count). The number of allylic oxidation sites excluding steroid dienone is 7. The summed E-state index contributed by atoms with van der Waals surface area (Å²) in [5, 5.41) is 0. The Balaban J connectivity index is 4.72. The molecule has 0 heterocycles. The van der Waals surface area contributed by atoms with Crippen molar-refractivity contribution in [3.05, 3.63) is 46.1 Å². The monoisotopic (exact) mass is 303 g/mol. The molecule has 0 aliphatic carbocycles. The summed E-state index contributed by atoms with van der Waals surface area (Å²) in [6, 6.07) is 0. The summed E-state index contributed by atoms with van der Waals surface area (Å²) >= 11 is 0. The highest BCUT2D eigenvalue weighted by Gasteiger charge is 2.07. The standard InChI is InChI=1S/C20H33NO/c1-15(2)9-7-11-17(5)13-14-19(20(21)22)18(6)12-8-10-16(3)4/h9-10,13H,7-8,11-12,14H2,1-6H3,(H2,21,22)/b17-13+,19-18+. The summed E-state index contributed by atoms with van der Waals surface area (Å²) in [5.41, 5.74) is 11.4. The minimum absolute atomic E-state index is 0.289. The molecule has 0 radical (unpaired) electrons. The highest BCUT2D eigenvalue weighted by Crippen LogP contribution is 2.17. The maximum absolute atomic E-state index is 11.7. The number of rotatable bonds is 9. The van der Waals surface area contributed by atoms with E-state index in [0.717, 1.165) is 36.8 Å². The van der Waals surface area contributed by atoms with Gasteiger partial charge in [0.2, 0.25) is 5.91 Å². The van der Waals surface area contributed by atoms with E-state index in [1.807, 2.05) is 6.92 Å². The van der Waals surface area contributed by atoms with Gasteiger partial charge in [-0.3, -0.25) is 4.79 Å². The summed E-state index contributed by atoms with van der Waals surface area (Å²) in [7, 11) is 0. The molecule has 0 aliphatic heterocycles. The zero-order valence-electron chi connectivity index (χ0n) is 15.3. The van der Waals surface area contributed by atoms with Gasteiger partial charge in [-0.05, 0) is 73.6 Å². The van der Waals surface area contributed by atoms with Gasteiger partial charge in [0.15, 0.2) is 0 Å². The summed E-state index contributed by atoms with van der Waals surface area (Å²) < 4.78 is 0. The maximum atomic E-state index is 11.7. The van der Waals surface area contributed by atoms with E-state index < -0.39 is 0 Å². The molecular formula is C20H33NO. The van der Waals surface area contributed by atoms with E-state index in [9.17, 15) is 4.79 Å². The maximum Gasteiger partial charge on any atom is 0.244 e. The second kappa shape index (κ2) is 11.1. The molecule has 0 saturated heterocycles. The second-order valence-corrected chi connectivity index (χ2v) is 6.52. The van der Waals surface area contributed by atoms with Crippen LogP contribution in [0.1, 0.15) is 73.6 Å². The van der Waals surface area contributed by atoms with E-state index in [1.54, 1.807) is 0 Å². The van der Waals surface area contributed by atoms with Crippen LogP contribution in [0.4, 0.5) is 0 Å². The predicted octanol–water partition coefficient (Wildman–Crippen LogP) is 5.62. The molecule has 0 aliphatic rings. The lowest BCUT2D eigenvalue weighted by molar-refractivity contribution is -0.114. The van der Waals surface area contributed by atoms with E-state index in [-0.39, 0.29) is 5.91 Å². The molecule has 2 nitrogen and oxygen atoms in total. The molecule has 0 aromatic carbocycles. The van der Waals surface area contributed by atoms with Gasteiger partial charge in [0.05, 0.1) is 0 Å². The highest BCUT2D eigenvalue weighted by atomic mass is 16.1. The molecule has 2 N–H and O–H groups in total. The van der Waals surface area contributed by atoms with Crippen molar-refractivity contribution in [2.24, 2.45) is 5.73 Å². The molecule has 0 aromatic rings. The predicted molar refractivity (Wildman–Crippen MR) is 97.6 cm³/mol. The fourth-order valence-corrected chi connectivity index (χ4v) is 2.18. The van der Waals surface area contributed by atoms with E-state index in [1.165, 1.54) is 16.7 Å². The van der Waals surface area contributed by atoms with Crippen LogP contribution in [0.3, 0.4) is 0 Å². The third-order valence-corrected chi connectivity index (χ3v) is 3.63. The number of primary amides is 1. The number of hydrogen-bond acceptors (Lipinski definition) is 1. The van der Waals surface area contributed by atoms with Gasteiger partial charge in [-0.1, -0.05) is 40.5 Å². The van der Waals surface area contributed by atoms with Crippen molar-refractivity contribution in [2.75, 3.05) is 0 Å². The number of hydrogen-bond donors (Lipinski definition) is 1. The van der Waals surface area contributed by atoms with Crippen LogP contribution in [0.2, 0.25) is 0 Å². The van der Waals surface area contributed by atoms with Crippen molar-refractivity contribution >= 4 is 5.91 Å². The molecule has 2 heteroatoms. The molecule has 124 valence electrons. The van der Waals surface area contributed by atoms with Crippen LogP contribution in [0.25, 0.3) is 0 Å². The Morgan fingerprint density at radius 3 is 1.77 bits per heavy atom. The fraction of sp³-hybridized carbons (Fsp3) is 0.550. The van der Waals surface area contributed by atoms with Gasteiger partial charge < -0.3 is 5.73 Å². The largest absolute Gasteiger partial charge is 0.366 e. The summed E-state index contributed by atoms with van der Waals surface area (Å²) in [6.07, 6.45) is 11.2. The lowest BCUT2D eigenvalue weighted by Gasteiger charge is -2.08. The first-order chi connectivity index (χ1) is 10.2. The molecule has 22 heavy (non-hydrogen) atoms. The van der Waals surface area contributed by atoms with Gasteiger partial charge in [0, 0.05) is 5.57 Å². The van der Waals surface area contributed by atoms with Crippen LogP contribution in [0, 0.1) is 0 Å². The smallest absolute Gasteiger partial charge is 0.244 e. The number of carbonyl (C=O) groups excluding carboxylic acids is 1. The summed E-state index contributed by atoms with van der Waals surface area (Å²) in [5.74, 6) is -0.289. The first-order valence-corrected chi connectivity index (χ1v) is 8.14. The van der Waals surface area contributed by atoms with E-state index >= 15 is 0 Å². The third kappa shape index (κ3) is 10.2. The van der Waals surface area contributed by atoms with Crippen molar-refractivity contribution in [3.63, 3.8) is 0 Å². The minimum atomic E-state index is -0.289. The van der Waals surface area contributed by atoms with Gasteiger partial charge >= 0.3 is 0 Å². The Morgan fingerprint density at radius 1 is 0.818 bits per heavy atom. The summed E-state index contributed by atoms with van der Waals surface area (Å²) in [4.78, 5) is 11.7. The molecule has 1 amide bonds. The lowest BCUT2D eigenvalue weighted by Crippen LogP contribution is -2.15. The molecule has 0 bridgehead atoms. The Kier molecular flexibility index (Phi) is 10.3. The normalized spacial score (nSPS) is 12.5. The van der Waals surface area contributed by atoms with Crippen LogP contribution < -0.4 is 5.73 Å². The third-order valence-electron chi connectivity index (χ3n) is 3.63. The van der Waals surface area contributed by atoms with E-state index in [2.05, 4.69) is 52.8 Å². The highest BCUT2D eigenvalue weighted by molar-refractivity contribution is 5.92. The van der Waals surface area contributed by atoms with E-state index in [0.29, 0.717) is 6.42 Å². The van der Waals surface area contributed by atoms with Gasteiger partial charge in [0.25, 0.3) is 0 Å². The number of carbonyl (C=O) groups is 1. The van der Waals surface area contributed by atoms with Gasteiger partial charge in [-0.15, -0.1) is 0 Å². The minimum Gasteiger partial charge on any atom is -0.366 e. The Morgan fingerprint density at radius 2 is 1.32 bits per heavy atom. The quantitative estimate of drug-likeness (QED) is 0.436. The van der Waals surface area contributed by atoms with E-state index in [4.69, 9.17) is 5.73 Å². The zero-order chi connectivity index (χ0) is 17.1. The van der Waals surface area contributed by atoms with Crippen LogP contribution in [-0.2, 0) is 4.79 Å². The molecule has 0 spiro atoms. The molecule has 0 atom stereocenters. The van der Waals surface area contributed by atoms with Gasteiger partial charge in [-0.2, -0.15) is 0 Å². The SMILES string of the molecule is CC(C)=CCC/C(C)=C/C/C(C(N)=O)=C(/C)CCC=C(C)C. The van der Waals surface area contributed by atoms with Crippen LogP contribution in [0.15, 0.2) is 46.1 Å². The van der Waals surface area contributed by atoms with Crippen molar-refractivity contribution in [1.82, 2.24) is 0 Å². The fourth-order valence-electron chi connectivity index (χ4n) is 2.18. The van der Waals surface area contributed by atoms with Crippen molar-refractivity contribution in [2.45, 2.75) is 73.6 Å². The van der Waals surface area contributed by atoms with Crippen LogP contribution in [-0.4, -0.2) is 5.91 Å². The van der Waals surface area contributed by atoms with Crippen molar-refractivity contribution in [1.29, 1.82) is 0 Å². The average molecular weight is 303 g/mol. The Hall–Kier alpha value is -1.57. The molecule has 0 fully saturated rings. The van der Waals surface area contributed by atoms with Crippen LogP contribution >= 0.6 is 0 Å². The number of nitrogens with two attached hydrogens (primary N) is 1. The first-order valence-electron chi connectivity index (χ1n) is 8.14. The topological polar surface area (TPSA) is 43.1 Å². The Bertz CT molecular complexity index is 482. The van der Waals surface area contributed by atoms with Crippen molar-refractivity contribution < 1.29 is 4.79 Å². The molecule has 0 saturated carbocycles. The first kappa shape index (κ1) is 20.4. The molecule has 0 unspecified atom stereocenters. The average Bonchev–Trinajstić information content (AvgIpc) is 2.37.